The molecule has 9 nitrogen and oxygen atoms in total. The van der Waals surface area contributed by atoms with Crippen LogP contribution in [0.15, 0.2) is 48.7 Å². The summed E-state index contributed by atoms with van der Waals surface area (Å²) in [6.07, 6.45) is 6.63. The van der Waals surface area contributed by atoms with Gasteiger partial charge in [-0.2, -0.15) is 0 Å². The predicted octanol–water partition coefficient (Wildman–Crippen LogP) is 6.55. The van der Waals surface area contributed by atoms with E-state index in [1.54, 1.807) is 25.1 Å². The standard InChI is InChI=1S/C35H39Cl2N3O6/c1-35(16-23-17-38-28-6-4-3-5-26(23)28,39-34(43)46-31-21-10-19-9-20(12-21)13-22(31)11-19)33(42)40-18-25(15-29(40)32(41)44-2)45-30-8-7-24(36)14-27(30)37/h3-8,14,17,19-22,25,29,31,38H,9-13,15-16,18H2,1-2H3,(H,39,43)/t19?,20?,21?,22?,25-,29-,31?,35-/m1/s1. The number of rotatable bonds is 8. The molecule has 5 fully saturated rings. The van der Waals surface area contributed by atoms with Crippen LogP contribution in [-0.4, -0.2) is 65.3 Å². The van der Waals surface area contributed by atoms with E-state index in [1.807, 2.05) is 30.5 Å². The van der Waals surface area contributed by atoms with E-state index < -0.39 is 35.7 Å². The Hall–Kier alpha value is -3.43. The number of ether oxygens (including phenoxy) is 3. The minimum absolute atomic E-state index is 0.0906. The molecule has 0 radical (unpaired) electrons. The van der Waals surface area contributed by atoms with Crippen molar-refractivity contribution in [2.75, 3.05) is 13.7 Å². The first-order chi connectivity index (χ1) is 22.1. The van der Waals surface area contributed by atoms with E-state index in [-0.39, 0.29) is 25.5 Å². The third-order valence-corrected chi connectivity index (χ3v) is 11.2. The summed E-state index contributed by atoms with van der Waals surface area (Å²) in [5.41, 5.74) is 0.328. The summed E-state index contributed by atoms with van der Waals surface area (Å²) in [5, 5.41) is 4.73. The second-order valence-electron chi connectivity index (χ2n) is 13.8. The number of carbonyl (C=O) groups is 3. The van der Waals surface area contributed by atoms with Gasteiger partial charge in [0.05, 0.1) is 18.7 Å². The molecule has 4 bridgehead atoms. The molecule has 3 aromatic rings. The molecule has 0 unspecified atom stereocenters. The molecule has 4 saturated carbocycles. The van der Waals surface area contributed by atoms with Gasteiger partial charge in [-0.25, -0.2) is 9.59 Å². The van der Waals surface area contributed by atoms with E-state index in [0.29, 0.717) is 27.6 Å². The number of benzene rings is 2. The third kappa shape index (κ3) is 5.92. The number of amides is 2. The van der Waals surface area contributed by atoms with Crippen LogP contribution in [0.5, 0.6) is 5.75 Å². The molecule has 244 valence electrons. The van der Waals surface area contributed by atoms with Crippen molar-refractivity contribution in [3.05, 3.63) is 64.3 Å². The molecule has 5 aliphatic rings. The fourth-order valence-electron chi connectivity index (χ4n) is 8.81. The van der Waals surface area contributed by atoms with Crippen molar-refractivity contribution < 1.29 is 28.6 Å². The number of nitrogens with one attached hydrogen (secondary N) is 2. The maximum Gasteiger partial charge on any atom is 0.408 e. The monoisotopic (exact) mass is 667 g/mol. The zero-order valence-corrected chi connectivity index (χ0v) is 27.5. The number of alkyl carbamates (subject to hydrolysis) is 1. The van der Waals surface area contributed by atoms with Gasteiger partial charge in [0.1, 0.15) is 29.5 Å². The minimum Gasteiger partial charge on any atom is -0.487 e. The summed E-state index contributed by atoms with van der Waals surface area (Å²) in [6.45, 7) is 1.79. The summed E-state index contributed by atoms with van der Waals surface area (Å²) >= 11 is 12.4. The summed E-state index contributed by atoms with van der Waals surface area (Å²) in [4.78, 5) is 46.2. The normalized spacial score (nSPS) is 29.4. The average molecular weight is 669 g/mol. The second-order valence-corrected chi connectivity index (χ2v) is 14.7. The Morgan fingerprint density at radius 3 is 2.41 bits per heavy atom. The number of hydrogen-bond acceptors (Lipinski definition) is 6. The number of methoxy groups -OCH3 is 1. The van der Waals surface area contributed by atoms with Gasteiger partial charge in [0.2, 0.25) is 5.91 Å². The summed E-state index contributed by atoms with van der Waals surface area (Å²) < 4.78 is 17.5. The van der Waals surface area contributed by atoms with Crippen molar-refractivity contribution in [3.8, 4) is 5.75 Å². The number of carbonyl (C=O) groups excluding carboxylic acids is 3. The fourth-order valence-corrected chi connectivity index (χ4v) is 9.27. The molecule has 1 saturated heterocycles. The fraction of sp³-hybridized carbons (Fsp3) is 0.514. The Labute approximate surface area is 278 Å². The molecule has 2 N–H and O–H groups in total. The van der Waals surface area contributed by atoms with Crippen LogP contribution in [0.4, 0.5) is 4.79 Å². The lowest BCUT2D eigenvalue weighted by molar-refractivity contribution is -0.153. The molecular formula is C35H39Cl2N3O6. The third-order valence-electron chi connectivity index (χ3n) is 10.6. The molecule has 46 heavy (non-hydrogen) atoms. The number of para-hydroxylation sites is 1. The van der Waals surface area contributed by atoms with Crippen molar-refractivity contribution in [2.24, 2.45) is 23.7 Å². The minimum atomic E-state index is -1.45. The van der Waals surface area contributed by atoms with E-state index in [9.17, 15) is 14.4 Å². The van der Waals surface area contributed by atoms with E-state index in [0.717, 1.165) is 54.0 Å². The van der Waals surface area contributed by atoms with E-state index in [2.05, 4.69) is 10.3 Å². The van der Waals surface area contributed by atoms with Gasteiger partial charge in [0, 0.05) is 35.0 Å². The molecule has 1 aromatic heterocycles. The van der Waals surface area contributed by atoms with Crippen molar-refractivity contribution in [1.82, 2.24) is 15.2 Å². The van der Waals surface area contributed by atoms with Gasteiger partial charge in [-0.15, -0.1) is 0 Å². The number of likely N-dealkylation sites (tertiary alicyclic amines) is 1. The van der Waals surface area contributed by atoms with Crippen LogP contribution >= 0.6 is 23.2 Å². The molecule has 0 spiro atoms. The van der Waals surface area contributed by atoms with Crippen LogP contribution in [0, 0.1) is 23.7 Å². The summed E-state index contributed by atoms with van der Waals surface area (Å²) in [5.74, 6) is 1.63. The first-order valence-corrected chi connectivity index (χ1v) is 16.9. The lowest BCUT2D eigenvalue weighted by Crippen LogP contribution is -2.62. The molecule has 1 aliphatic heterocycles. The van der Waals surface area contributed by atoms with Gasteiger partial charge in [0.25, 0.3) is 0 Å². The number of nitrogens with zero attached hydrogens (tertiary/aromatic N) is 1. The van der Waals surface area contributed by atoms with Crippen molar-refractivity contribution in [1.29, 1.82) is 0 Å². The van der Waals surface area contributed by atoms with Gasteiger partial charge < -0.3 is 29.4 Å². The highest BCUT2D eigenvalue weighted by molar-refractivity contribution is 6.35. The lowest BCUT2D eigenvalue weighted by atomic mass is 9.55. The molecule has 2 amide bonds. The van der Waals surface area contributed by atoms with Crippen LogP contribution in [0.25, 0.3) is 10.9 Å². The Kier molecular flexibility index (Phi) is 8.34. The lowest BCUT2D eigenvalue weighted by Gasteiger charge is -2.53. The van der Waals surface area contributed by atoms with Crippen LogP contribution in [0.3, 0.4) is 0 Å². The van der Waals surface area contributed by atoms with Crippen molar-refractivity contribution in [2.45, 2.75) is 75.7 Å². The molecule has 4 aliphatic carbocycles. The first kappa shape index (κ1) is 31.2. The van der Waals surface area contributed by atoms with Crippen LogP contribution in [0.1, 0.15) is 51.0 Å². The first-order valence-electron chi connectivity index (χ1n) is 16.1. The van der Waals surface area contributed by atoms with Crippen LogP contribution in [-0.2, 0) is 25.5 Å². The van der Waals surface area contributed by atoms with Gasteiger partial charge in [-0.3, -0.25) is 4.79 Å². The molecule has 2 aromatic carbocycles. The molecule has 8 rings (SSSR count). The van der Waals surface area contributed by atoms with Gasteiger partial charge in [-0.05, 0) is 92.5 Å². The van der Waals surface area contributed by atoms with Gasteiger partial charge in [0.15, 0.2) is 0 Å². The predicted molar refractivity (Wildman–Crippen MR) is 174 cm³/mol. The van der Waals surface area contributed by atoms with E-state index in [4.69, 9.17) is 37.4 Å². The van der Waals surface area contributed by atoms with Gasteiger partial charge in [-0.1, -0.05) is 41.4 Å². The van der Waals surface area contributed by atoms with Crippen molar-refractivity contribution >= 4 is 52.1 Å². The SMILES string of the molecule is COC(=O)[C@H]1C[C@@H](Oc2ccc(Cl)cc2Cl)CN1C(=O)[C@@](C)(Cc1c[nH]c2ccccc12)NC(=O)OC1C2CC3CC(C2)CC1C3. The Balaban J connectivity index is 1.16. The average Bonchev–Trinajstić information content (AvgIpc) is 3.63. The van der Waals surface area contributed by atoms with E-state index >= 15 is 0 Å². The molecule has 3 atom stereocenters. The largest absolute Gasteiger partial charge is 0.487 e. The topological polar surface area (TPSA) is 110 Å². The highest BCUT2D eigenvalue weighted by atomic mass is 35.5. The van der Waals surface area contributed by atoms with Gasteiger partial charge >= 0.3 is 12.1 Å². The zero-order chi connectivity index (χ0) is 32.2. The number of hydrogen-bond donors (Lipinski definition) is 2. The second kappa shape index (κ2) is 12.3. The molecular weight excluding hydrogens is 629 g/mol. The number of halogens is 2. The molecule has 11 heteroatoms. The summed E-state index contributed by atoms with van der Waals surface area (Å²) in [7, 11) is 1.29. The van der Waals surface area contributed by atoms with Crippen LogP contribution < -0.4 is 10.1 Å². The highest BCUT2D eigenvalue weighted by Crippen LogP contribution is 2.54. The Morgan fingerprint density at radius 2 is 1.72 bits per heavy atom. The van der Waals surface area contributed by atoms with Crippen molar-refractivity contribution in [3.63, 3.8) is 0 Å². The maximum atomic E-state index is 14.7. The number of H-pyrrole nitrogens is 1. The number of esters is 1. The number of aromatic nitrogens is 1. The Morgan fingerprint density at radius 1 is 1.00 bits per heavy atom. The Bertz CT molecular complexity index is 1630. The van der Waals surface area contributed by atoms with E-state index in [1.165, 1.54) is 18.4 Å². The smallest absolute Gasteiger partial charge is 0.408 e. The number of aromatic amines is 1. The summed E-state index contributed by atoms with van der Waals surface area (Å²) in [6, 6.07) is 11.8. The molecule has 2 heterocycles. The maximum absolute atomic E-state index is 14.7. The van der Waals surface area contributed by atoms with Crippen LogP contribution in [0.2, 0.25) is 10.0 Å². The zero-order valence-electron chi connectivity index (χ0n) is 26.0. The quantitative estimate of drug-likeness (QED) is 0.264. The highest BCUT2D eigenvalue weighted by Gasteiger charge is 2.52. The number of fused-ring (bicyclic) bond motifs is 1.